The van der Waals surface area contributed by atoms with Gasteiger partial charge in [-0.15, -0.1) is 0 Å². The van der Waals surface area contributed by atoms with Crippen LogP contribution < -0.4 is 16.4 Å². The van der Waals surface area contributed by atoms with Gasteiger partial charge in [0, 0.05) is 37.4 Å². The van der Waals surface area contributed by atoms with Gasteiger partial charge in [-0.05, 0) is 63.4 Å². The lowest BCUT2D eigenvalue weighted by atomic mass is 10.0. The average Bonchev–Trinajstić information content (AvgIpc) is 3.23. The molecule has 4 rings (SSSR count). The van der Waals surface area contributed by atoms with Crippen molar-refractivity contribution in [2.45, 2.75) is 51.8 Å². The van der Waals surface area contributed by atoms with Gasteiger partial charge in [-0.1, -0.05) is 5.16 Å². The first-order valence-electron chi connectivity index (χ1n) is 11.7. The van der Waals surface area contributed by atoms with Crippen LogP contribution in [0.3, 0.4) is 0 Å². The van der Waals surface area contributed by atoms with E-state index in [9.17, 15) is 9.18 Å². The van der Waals surface area contributed by atoms with E-state index < -0.39 is 17.5 Å². The van der Waals surface area contributed by atoms with Crippen LogP contribution in [0.25, 0.3) is 5.52 Å². The van der Waals surface area contributed by atoms with Crippen molar-refractivity contribution in [1.82, 2.24) is 24.8 Å². The SMILES string of the molecule is CC(C)(C)OC(=O)NC1CCN(Cc2ccn3ncnc(Nc4cc(C(N)=NO)ccc4F)c23)CC1. The van der Waals surface area contributed by atoms with Crippen LogP contribution in [-0.4, -0.2) is 61.4 Å². The van der Waals surface area contributed by atoms with Gasteiger partial charge < -0.3 is 26.3 Å². The number of nitrogens with one attached hydrogen (secondary N) is 2. The highest BCUT2D eigenvalue weighted by Crippen LogP contribution is 2.27. The number of hydrogen-bond acceptors (Lipinski definition) is 8. The van der Waals surface area contributed by atoms with E-state index in [4.69, 9.17) is 15.7 Å². The van der Waals surface area contributed by atoms with Crippen LogP contribution in [0.1, 0.15) is 44.7 Å². The number of piperidine rings is 1. The molecule has 1 aromatic carbocycles. The second kappa shape index (κ2) is 10.4. The van der Waals surface area contributed by atoms with E-state index in [1.165, 1.54) is 24.5 Å². The van der Waals surface area contributed by atoms with E-state index in [0.717, 1.165) is 37.0 Å². The quantitative estimate of drug-likeness (QED) is 0.176. The van der Waals surface area contributed by atoms with Crippen molar-refractivity contribution in [3.8, 4) is 0 Å². The predicted octanol–water partition coefficient (Wildman–Crippen LogP) is 3.20. The number of anilines is 2. The van der Waals surface area contributed by atoms with Gasteiger partial charge in [0.15, 0.2) is 11.7 Å². The first kappa shape index (κ1) is 25.2. The van der Waals surface area contributed by atoms with Gasteiger partial charge in [0.1, 0.15) is 23.3 Å². The third-order valence-corrected chi connectivity index (χ3v) is 5.86. The average molecular weight is 499 g/mol. The number of alkyl carbamates (subject to hydrolysis) is 1. The third-order valence-electron chi connectivity index (χ3n) is 5.86. The summed E-state index contributed by atoms with van der Waals surface area (Å²) in [6, 6.07) is 6.14. The second-order valence-corrected chi connectivity index (χ2v) is 9.74. The Balaban J connectivity index is 1.46. The minimum absolute atomic E-state index is 0.0626. The van der Waals surface area contributed by atoms with Crippen molar-refractivity contribution < 1.29 is 19.1 Å². The maximum Gasteiger partial charge on any atom is 0.407 e. The fourth-order valence-corrected chi connectivity index (χ4v) is 4.15. The van der Waals surface area contributed by atoms with Crippen molar-refractivity contribution in [3.05, 3.63) is 53.7 Å². The lowest BCUT2D eigenvalue weighted by molar-refractivity contribution is 0.0477. The fraction of sp³-hybridized carbons (Fsp3) is 0.417. The zero-order chi connectivity index (χ0) is 25.9. The summed E-state index contributed by atoms with van der Waals surface area (Å²) in [4.78, 5) is 18.7. The number of nitrogens with two attached hydrogens (primary N) is 1. The molecule has 1 aliphatic rings. The van der Waals surface area contributed by atoms with Crippen molar-refractivity contribution in [3.63, 3.8) is 0 Å². The topological polar surface area (TPSA) is 142 Å². The van der Waals surface area contributed by atoms with E-state index in [0.29, 0.717) is 17.9 Å². The molecule has 0 aliphatic carbocycles. The molecule has 36 heavy (non-hydrogen) atoms. The molecular formula is C24H31FN8O3. The number of ether oxygens (including phenoxy) is 1. The number of halogens is 1. The van der Waals surface area contributed by atoms with Crippen molar-refractivity contribution in [2.24, 2.45) is 10.9 Å². The molecule has 1 saturated heterocycles. The standard InChI is InChI=1S/C24H31FN8O3/c1-24(2,3)36-23(34)29-17-7-9-32(10-8-17)13-16-6-11-33-20(16)22(27-14-28-33)30-19-12-15(21(26)31-35)4-5-18(19)25/h4-6,11-12,14,17,35H,7-10,13H2,1-3H3,(H2,26,31)(H,29,34)(H,27,28,30). The molecule has 0 unspecified atom stereocenters. The smallest absolute Gasteiger partial charge is 0.407 e. The molecule has 11 nitrogen and oxygen atoms in total. The Hall–Kier alpha value is -3.93. The molecule has 1 fully saturated rings. The number of nitrogens with zero attached hydrogens (tertiary/aromatic N) is 5. The monoisotopic (exact) mass is 498 g/mol. The molecule has 0 bridgehead atoms. The molecule has 3 aromatic rings. The summed E-state index contributed by atoms with van der Waals surface area (Å²) in [5, 5.41) is 22.2. The molecule has 0 atom stereocenters. The summed E-state index contributed by atoms with van der Waals surface area (Å²) in [6.45, 7) is 7.76. The molecular weight excluding hydrogens is 467 g/mol. The highest BCUT2D eigenvalue weighted by molar-refractivity contribution is 5.98. The zero-order valence-corrected chi connectivity index (χ0v) is 20.5. The highest BCUT2D eigenvalue weighted by atomic mass is 19.1. The second-order valence-electron chi connectivity index (χ2n) is 9.74. The largest absolute Gasteiger partial charge is 0.444 e. The van der Waals surface area contributed by atoms with Gasteiger partial charge in [0.2, 0.25) is 0 Å². The van der Waals surface area contributed by atoms with Gasteiger partial charge in [0.05, 0.1) is 5.69 Å². The van der Waals surface area contributed by atoms with Crippen LogP contribution in [0, 0.1) is 5.82 Å². The molecule has 1 amide bonds. The Kier molecular flexibility index (Phi) is 7.25. The number of aromatic nitrogens is 3. The first-order valence-corrected chi connectivity index (χ1v) is 11.7. The lowest BCUT2D eigenvalue weighted by Crippen LogP contribution is -2.45. The van der Waals surface area contributed by atoms with Crippen LogP contribution >= 0.6 is 0 Å². The number of amidine groups is 1. The zero-order valence-electron chi connectivity index (χ0n) is 20.5. The number of carbonyl (C=O) groups excluding carboxylic acids is 1. The van der Waals surface area contributed by atoms with Gasteiger partial charge in [0.25, 0.3) is 0 Å². The number of amides is 1. The van der Waals surface area contributed by atoms with Crippen molar-refractivity contribution >= 4 is 29.0 Å². The van der Waals surface area contributed by atoms with Gasteiger partial charge in [-0.2, -0.15) is 5.10 Å². The minimum atomic E-state index is -0.529. The Labute approximate surface area is 208 Å². The molecule has 5 N–H and O–H groups in total. The fourth-order valence-electron chi connectivity index (χ4n) is 4.15. The first-order chi connectivity index (χ1) is 17.1. The Bertz CT molecular complexity index is 1260. The van der Waals surface area contributed by atoms with E-state index in [1.807, 2.05) is 33.0 Å². The summed E-state index contributed by atoms with van der Waals surface area (Å²) in [7, 11) is 0. The van der Waals surface area contributed by atoms with E-state index in [1.54, 1.807) is 4.52 Å². The molecule has 12 heteroatoms. The van der Waals surface area contributed by atoms with Gasteiger partial charge in [-0.25, -0.2) is 18.7 Å². The molecule has 192 valence electrons. The number of hydrogen-bond donors (Lipinski definition) is 4. The summed E-state index contributed by atoms with van der Waals surface area (Å²) in [5.41, 5.74) is 7.33. The van der Waals surface area contributed by atoms with Crippen LogP contribution in [0.5, 0.6) is 0 Å². The highest BCUT2D eigenvalue weighted by Gasteiger charge is 2.24. The predicted molar refractivity (Wildman–Crippen MR) is 133 cm³/mol. The van der Waals surface area contributed by atoms with Gasteiger partial charge in [-0.3, -0.25) is 4.90 Å². The molecule has 0 radical (unpaired) electrons. The van der Waals surface area contributed by atoms with E-state index in [2.05, 4.69) is 30.8 Å². The number of carbonyl (C=O) groups is 1. The van der Waals surface area contributed by atoms with Crippen LogP contribution in [0.4, 0.5) is 20.7 Å². The normalized spacial score (nSPS) is 15.7. The number of rotatable bonds is 6. The number of fused-ring (bicyclic) bond motifs is 1. The third kappa shape index (κ3) is 6.00. The molecule has 1 aliphatic heterocycles. The molecule has 2 aromatic heterocycles. The maximum atomic E-state index is 14.5. The van der Waals surface area contributed by atoms with E-state index >= 15 is 0 Å². The minimum Gasteiger partial charge on any atom is -0.444 e. The van der Waals surface area contributed by atoms with Crippen LogP contribution in [0.15, 0.2) is 41.9 Å². The maximum absolute atomic E-state index is 14.5. The van der Waals surface area contributed by atoms with E-state index in [-0.39, 0.29) is 17.6 Å². The summed E-state index contributed by atoms with van der Waals surface area (Å²) in [5.74, 6) is -0.199. The van der Waals surface area contributed by atoms with Crippen molar-refractivity contribution in [1.29, 1.82) is 0 Å². The Morgan fingerprint density at radius 3 is 2.75 bits per heavy atom. The number of benzene rings is 1. The Morgan fingerprint density at radius 1 is 1.31 bits per heavy atom. The molecule has 3 heterocycles. The summed E-state index contributed by atoms with van der Waals surface area (Å²) < 4.78 is 21.6. The number of oxime groups is 1. The summed E-state index contributed by atoms with van der Waals surface area (Å²) >= 11 is 0. The van der Waals surface area contributed by atoms with Gasteiger partial charge >= 0.3 is 6.09 Å². The van der Waals surface area contributed by atoms with Crippen LogP contribution in [0.2, 0.25) is 0 Å². The lowest BCUT2D eigenvalue weighted by Gasteiger charge is -2.32. The molecule has 0 saturated carbocycles. The van der Waals surface area contributed by atoms with Crippen molar-refractivity contribution in [2.75, 3.05) is 18.4 Å². The van der Waals surface area contributed by atoms with Crippen LogP contribution in [-0.2, 0) is 11.3 Å². The Morgan fingerprint density at radius 2 is 2.06 bits per heavy atom. The molecule has 0 spiro atoms. The number of likely N-dealkylation sites (tertiary alicyclic amines) is 1. The summed E-state index contributed by atoms with van der Waals surface area (Å²) in [6.07, 6.45) is 4.43.